The van der Waals surface area contributed by atoms with Crippen molar-refractivity contribution in [2.75, 3.05) is 42.9 Å². The fourth-order valence-electron chi connectivity index (χ4n) is 4.68. The van der Waals surface area contributed by atoms with E-state index in [2.05, 4.69) is 15.5 Å². The van der Waals surface area contributed by atoms with Gasteiger partial charge in [0.15, 0.2) is 0 Å². The number of nitrogens with one attached hydrogen (secondary N) is 2. The Morgan fingerprint density at radius 3 is 2.57 bits per heavy atom. The number of benzene rings is 2. The highest BCUT2D eigenvalue weighted by atomic mass is 19.1. The van der Waals surface area contributed by atoms with Crippen molar-refractivity contribution < 1.29 is 18.0 Å². The van der Waals surface area contributed by atoms with E-state index < -0.39 is 23.4 Å². The minimum atomic E-state index is -0.656. The highest BCUT2D eigenvalue weighted by Crippen LogP contribution is 2.25. The number of anilines is 2. The van der Waals surface area contributed by atoms with Crippen molar-refractivity contribution in [2.24, 2.45) is 0 Å². The maximum absolute atomic E-state index is 14.7. The number of carbonyl (C=O) groups is 1. The van der Waals surface area contributed by atoms with Gasteiger partial charge < -0.3 is 15.1 Å². The number of aromatic amines is 1. The number of rotatable bonds is 4. The van der Waals surface area contributed by atoms with Crippen LogP contribution >= 0.6 is 0 Å². The SMILES string of the molecule is O=C(c1cc(Cc2n[nH]c(=O)c3c2NCCC3)ccc1F)N1CCN(c2ccc(F)cc2F)CC1. The van der Waals surface area contributed by atoms with E-state index in [-0.39, 0.29) is 29.9 Å². The van der Waals surface area contributed by atoms with E-state index in [0.29, 0.717) is 48.4 Å². The topological polar surface area (TPSA) is 81.3 Å². The average molecular weight is 483 g/mol. The number of halogens is 3. The van der Waals surface area contributed by atoms with Crippen molar-refractivity contribution in [1.29, 1.82) is 0 Å². The van der Waals surface area contributed by atoms with E-state index in [1.165, 1.54) is 29.2 Å². The molecule has 10 heteroatoms. The van der Waals surface area contributed by atoms with Gasteiger partial charge in [-0.15, -0.1) is 0 Å². The summed E-state index contributed by atoms with van der Waals surface area (Å²) < 4.78 is 42.0. The summed E-state index contributed by atoms with van der Waals surface area (Å²) in [6, 6.07) is 7.79. The van der Waals surface area contributed by atoms with Crippen molar-refractivity contribution in [3.8, 4) is 0 Å². The van der Waals surface area contributed by atoms with E-state index >= 15 is 0 Å². The van der Waals surface area contributed by atoms with Gasteiger partial charge in [-0.25, -0.2) is 18.3 Å². The van der Waals surface area contributed by atoms with Crippen LogP contribution in [0.5, 0.6) is 0 Å². The largest absolute Gasteiger partial charge is 0.383 e. The number of nitrogens with zero attached hydrogens (tertiary/aromatic N) is 3. The molecule has 1 aromatic heterocycles. The van der Waals surface area contributed by atoms with Gasteiger partial charge in [0.25, 0.3) is 11.5 Å². The van der Waals surface area contributed by atoms with Gasteiger partial charge in [-0.2, -0.15) is 5.10 Å². The zero-order valence-electron chi connectivity index (χ0n) is 18.9. The quantitative estimate of drug-likeness (QED) is 0.596. The molecule has 1 amide bonds. The normalized spacial score (nSPS) is 15.5. The minimum absolute atomic E-state index is 0.0461. The van der Waals surface area contributed by atoms with Crippen molar-refractivity contribution in [2.45, 2.75) is 19.3 Å². The maximum atomic E-state index is 14.7. The number of aromatic nitrogens is 2. The van der Waals surface area contributed by atoms with Gasteiger partial charge in [0.1, 0.15) is 17.5 Å². The van der Waals surface area contributed by atoms with Crippen LogP contribution in [-0.4, -0.2) is 53.7 Å². The Labute approximate surface area is 199 Å². The molecule has 0 spiro atoms. The van der Waals surface area contributed by atoms with Gasteiger partial charge >= 0.3 is 0 Å². The Hall–Kier alpha value is -3.82. The molecule has 5 rings (SSSR count). The lowest BCUT2D eigenvalue weighted by Crippen LogP contribution is -2.49. The van der Waals surface area contributed by atoms with E-state index in [4.69, 9.17) is 0 Å². The molecule has 7 nitrogen and oxygen atoms in total. The third-order valence-corrected chi connectivity index (χ3v) is 6.51. The van der Waals surface area contributed by atoms with Crippen molar-refractivity contribution in [3.05, 3.63) is 86.6 Å². The van der Waals surface area contributed by atoms with Crippen LogP contribution in [0, 0.1) is 17.5 Å². The molecular formula is C25H24F3N5O2. The van der Waals surface area contributed by atoms with Crippen LogP contribution < -0.4 is 15.8 Å². The molecule has 35 heavy (non-hydrogen) atoms. The number of hydrogen-bond acceptors (Lipinski definition) is 5. The van der Waals surface area contributed by atoms with Gasteiger partial charge in [-0.3, -0.25) is 9.59 Å². The number of piperazine rings is 1. The van der Waals surface area contributed by atoms with E-state index in [9.17, 15) is 22.8 Å². The van der Waals surface area contributed by atoms with Crippen LogP contribution in [0.3, 0.4) is 0 Å². The molecule has 2 aliphatic heterocycles. The second kappa shape index (κ2) is 9.44. The predicted molar refractivity (Wildman–Crippen MR) is 125 cm³/mol. The molecule has 1 fully saturated rings. The zero-order valence-corrected chi connectivity index (χ0v) is 18.9. The smallest absolute Gasteiger partial charge is 0.269 e. The molecule has 3 heterocycles. The lowest BCUT2D eigenvalue weighted by molar-refractivity contribution is 0.0742. The molecule has 3 aromatic rings. The molecule has 2 aliphatic rings. The molecule has 0 unspecified atom stereocenters. The second-order valence-electron chi connectivity index (χ2n) is 8.75. The van der Waals surface area contributed by atoms with Crippen LogP contribution in [-0.2, 0) is 12.8 Å². The predicted octanol–water partition coefficient (Wildman–Crippen LogP) is 3.10. The second-order valence-corrected chi connectivity index (χ2v) is 8.75. The van der Waals surface area contributed by atoms with Crippen molar-refractivity contribution in [1.82, 2.24) is 15.1 Å². The standard InChI is InChI=1S/C25H24F3N5O2/c26-16-4-6-22(20(28)14-16)32-8-10-33(11-9-32)25(35)18-12-15(3-5-19(18)27)13-21-23-17(2-1-7-29-23)24(34)31-30-21/h3-6,12,14,29H,1-2,7-11,13H2,(H,31,34). The number of H-pyrrole nitrogens is 1. The molecule has 0 saturated carbocycles. The van der Waals surface area contributed by atoms with E-state index in [0.717, 1.165) is 19.0 Å². The number of fused-ring (bicyclic) bond motifs is 1. The first-order valence-corrected chi connectivity index (χ1v) is 11.5. The molecule has 1 saturated heterocycles. The van der Waals surface area contributed by atoms with E-state index in [1.54, 1.807) is 11.0 Å². The molecule has 0 radical (unpaired) electrons. The van der Waals surface area contributed by atoms with Crippen molar-refractivity contribution >= 4 is 17.3 Å². The van der Waals surface area contributed by atoms with Gasteiger partial charge in [0.05, 0.1) is 22.6 Å². The first-order chi connectivity index (χ1) is 16.9. The summed E-state index contributed by atoms with van der Waals surface area (Å²) in [7, 11) is 0. The lowest BCUT2D eigenvalue weighted by Gasteiger charge is -2.36. The Balaban J connectivity index is 1.31. The minimum Gasteiger partial charge on any atom is -0.383 e. The van der Waals surface area contributed by atoms with Gasteiger partial charge in [0.2, 0.25) is 0 Å². The summed E-state index contributed by atoms with van der Waals surface area (Å²) in [4.78, 5) is 28.5. The number of hydrogen-bond donors (Lipinski definition) is 2. The number of amides is 1. The molecule has 182 valence electrons. The molecule has 2 aromatic carbocycles. The van der Waals surface area contributed by atoms with Crippen LogP contribution in [0.15, 0.2) is 41.2 Å². The van der Waals surface area contributed by atoms with Crippen LogP contribution in [0.4, 0.5) is 24.5 Å². The van der Waals surface area contributed by atoms with Gasteiger partial charge in [-0.1, -0.05) is 6.07 Å². The molecule has 0 bridgehead atoms. The molecule has 0 atom stereocenters. The average Bonchev–Trinajstić information content (AvgIpc) is 2.87. The molecule has 2 N–H and O–H groups in total. The molecule has 0 aliphatic carbocycles. The fourth-order valence-corrected chi connectivity index (χ4v) is 4.68. The Morgan fingerprint density at radius 1 is 1.00 bits per heavy atom. The van der Waals surface area contributed by atoms with Gasteiger partial charge in [-0.05, 0) is 42.7 Å². The summed E-state index contributed by atoms with van der Waals surface area (Å²) in [5, 5.41) is 9.93. The Kier molecular flexibility index (Phi) is 6.19. The highest BCUT2D eigenvalue weighted by Gasteiger charge is 2.26. The summed E-state index contributed by atoms with van der Waals surface area (Å²) in [5.41, 5.74) is 2.71. The number of carbonyl (C=O) groups excluding carboxylic acids is 1. The van der Waals surface area contributed by atoms with Gasteiger partial charge in [0, 0.05) is 50.8 Å². The first kappa shape index (κ1) is 22.9. The monoisotopic (exact) mass is 483 g/mol. The summed E-state index contributed by atoms with van der Waals surface area (Å²) in [6.07, 6.45) is 1.84. The maximum Gasteiger partial charge on any atom is 0.269 e. The van der Waals surface area contributed by atoms with Crippen molar-refractivity contribution in [3.63, 3.8) is 0 Å². The first-order valence-electron chi connectivity index (χ1n) is 11.5. The Bertz CT molecular complexity index is 1340. The summed E-state index contributed by atoms with van der Waals surface area (Å²) in [6.45, 7) is 1.98. The van der Waals surface area contributed by atoms with Crippen LogP contribution in [0.25, 0.3) is 0 Å². The van der Waals surface area contributed by atoms with Crippen LogP contribution in [0.1, 0.15) is 33.6 Å². The third-order valence-electron chi connectivity index (χ3n) is 6.51. The zero-order chi connectivity index (χ0) is 24.5. The van der Waals surface area contributed by atoms with Crippen LogP contribution in [0.2, 0.25) is 0 Å². The third kappa shape index (κ3) is 4.60. The Morgan fingerprint density at radius 2 is 1.80 bits per heavy atom. The highest BCUT2D eigenvalue weighted by molar-refractivity contribution is 5.95. The van der Waals surface area contributed by atoms with E-state index in [1.807, 2.05) is 0 Å². The summed E-state index contributed by atoms with van der Waals surface area (Å²) >= 11 is 0. The fraction of sp³-hybridized carbons (Fsp3) is 0.320. The molecular weight excluding hydrogens is 459 g/mol. The summed E-state index contributed by atoms with van der Waals surface area (Å²) in [5.74, 6) is -2.38. The lowest BCUT2D eigenvalue weighted by atomic mass is 9.99.